The van der Waals surface area contributed by atoms with Crippen LogP contribution in [-0.2, 0) is 4.79 Å². The molecular weight excluding hydrogens is 176 g/mol. The average Bonchev–Trinajstić information content (AvgIpc) is 2.20. The molecule has 1 aromatic rings. The normalized spacial score (nSPS) is 12.2. The standard InChI is InChI=1S/C11H16N2O/c1-4-9(3)11(14)13-10-6-5-8(2)7-12-10/h5-7,9H,4H2,1-3H3,(H,12,13,14). The summed E-state index contributed by atoms with van der Waals surface area (Å²) in [7, 11) is 0. The molecule has 0 aliphatic rings. The van der Waals surface area contributed by atoms with Crippen LogP contribution in [0.4, 0.5) is 5.82 Å². The summed E-state index contributed by atoms with van der Waals surface area (Å²) in [6.07, 6.45) is 2.59. The molecule has 3 heteroatoms. The van der Waals surface area contributed by atoms with E-state index in [9.17, 15) is 4.79 Å². The molecule has 0 saturated heterocycles. The van der Waals surface area contributed by atoms with Crippen molar-refractivity contribution in [2.24, 2.45) is 5.92 Å². The monoisotopic (exact) mass is 192 g/mol. The lowest BCUT2D eigenvalue weighted by atomic mass is 10.1. The van der Waals surface area contributed by atoms with Crippen LogP contribution >= 0.6 is 0 Å². The molecule has 1 amide bonds. The van der Waals surface area contributed by atoms with Gasteiger partial charge in [0, 0.05) is 12.1 Å². The average molecular weight is 192 g/mol. The topological polar surface area (TPSA) is 42.0 Å². The first kappa shape index (κ1) is 10.7. The van der Waals surface area contributed by atoms with Gasteiger partial charge >= 0.3 is 0 Å². The van der Waals surface area contributed by atoms with Crippen LogP contribution in [0.25, 0.3) is 0 Å². The lowest BCUT2D eigenvalue weighted by Gasteiger charge is -2.08. The van der Waals surface area contributed by atoms with E-state index >= 15 is 0 Å². The molecule has 0 saturated carbocycles. The zero-order valence-electron chi connectivity index (χ0n) is 8.87. The summed E-state index contributed by atoms with van der Waals surface area (Å²) >= 11 is 0. The van der Waals surface area contributed by atoms with Crippen LogP contribution in [-0.4, -0.2) is 10.9 Å². The molecule has 14 heavy (non-hydrogen) atoms. The number of rotatable bonds is 3. The minimum atomic E-state index is 0.0313. The van der Waals surface area contributed by atoms with Crippen LogP contribution in [0, 0.1) is 12.8 Å². The zero-order valence-corrected chi connectivity index (χ0v) is 8.87. The molecule has 0 aliphatic carbocycles. The van der Waals surface area contributed by atoms with Crippen molar-refractivity contribution in [1.29, 1.82) is 0 Å². The quantitative estimate of drug-likeness (QED) is 0.798. The molecule has 76 valence electrons. The van der Waals surface area contributed by atoms with E-state index in [1.807, 2.05) is 32.9 Å². The highest BCUT2D eigenvalue weighted by Crippen LogP contribution is 2.07. The van der Waals surface area contributed by atoms with E-state index in [1.54, 1.807) is 6.20 Å². The second kappa shape index (κ2) is 4.74. The molecule has 1 unspecified atom stereocenters. The Labute approximate surface area is 84.6 Å². The van der Waals surface area contributed by atoms with E-state index in [2.05, 4.69) is 10.3 Å². The molecule has 0 aromatic carbocycles. The minimum absolute atomic E-state index is 0.0313. The summed E-state index contributed by atoms with van der Waals surface area (Å²) in [5, 5.41) is 2.77. The fraction of sp³-hybridized carbons (Fsp3) is 0.455. The van der Waals surface area contributed by atoms with Crippen molar-refractivity contribution >= 4 is 11.7 Å². The summed E-state index contributed by atoms with van der Waals surface area (Å²) in [6, 6.07) is 3.74. The van der Waals surface area contributed by atoms with Gasteiger partial charge in [-0.3, -0.25) is 4.79 Å². The summed E-state index contributed by atoms with van der Waals surface area (Å²) in [4.78, 5) is 15.6. The van der Waals surface area contributed by atoms with Gasteiger partial charge in [0.25, 0.3) is 0 Å². The largest absolute Gasteiger partial charge is 0.310 e. The molecule has 1 N–H and O–H groups in total. The highest BCUT2D eigenvalue weighted by Gasteiger charge is 2.10. The molecule has 1 aromatic heterocycles. The second-order valence-corrected chi connectivity index (χ2v) is 3.52. The van der Waals surface area contributed by atoms with Crippen molar-refractivity contribution in [3.05, 3.63) is 23.9 Å². The number of hydrogen-bond donors (Lipinski definition) is 1. The van der Waals surface area contributed by atoms with Gasteiger partial charge in [-0.05, 0) is 25.0 Å². The Morgan fingerprint density at radius 2 is 2.29 bits per heavy atom. The SMILES string of the molecule is CCC(C)C(=O)Nc1ccc(C)cn1. The highest BCUT2D eigenvalue weighted by atomic mass is 16.1. The number of anilines is 1. The third kappa shape index (κ3) is 2.83. The fourth-order valence-corrected chi connectivity index (χ4v) is 0.977. The van der Waals surface area contributed by atoms with E-state index in [0.29, 0.717) is 5.82 Å². The van der Waals surface area contributed by atoms with Gasteiger partial charge in [0.2, 0.25) is 5.91 Å². The summed E-state index contributed by atoms with van der Waals surface area (Å²) < 4.78 is 0. The fourth-order valence-electron chi connectivity index (χ4n) is 0.977. The van der Waals surface area contributed by atoms with Crippen LogP contribution < -0.4 is 5.32 Å². The first-order valence-corrected chi connectivity index (χ1v) is 4.87. The van der Waals surface area contributed by atoms with Crippen LogP contribution in [0.1, 0.15) is 25.8 Å². The Morgan fingerprint density at radius 1 is 1.57 bits per heavy atom. The van der Waals surface area contributed by atoms with Gasteiger partial charge < -0.3 is 5.32 Å². The maximum atomic E-state index is 11.5. The van der Waals surface area contributed by atoms with Crippen LogP contribution in [0.3, 0.4) is 0 Å². The van der Waals surface area contributed by atoms with Crippen LogP contribution in [0.2, 0.25) is 0 Å². The van der Waals surface area contributed by atoms with Gasteiger partial charge in [-0.15, -0.1) is 0 Å². The first-order chi connectivity index (χ1) is 6.63. The van der Waals surface area contributed by atoms with Crippen molar-refractivity contribution in [1.82, 2.24) is 4.98 Å². The lowest BCUT2D eigenvalue weighted by Crippen LogP contribution is -2.20. The number of hydrogen-bond acceptors (Lipinski definition) is 2. The van der Waals surface area contributed by atoms with Crippen molar-refractivity contribution in [2.45, 2.75) is 27.2 Å². The third-order valence-corrected chi connectivity index (χ3v) is 2.22. The number of pyridine rings is 1. The third-order valence-electron chi connectivity index (χ3n) is 2.22. The van der Waals surface area contributed by atoms with Crippen molar-refractivity contribution in [2.75, 3.05) is 5.32 Å². The Kier molecular flexibility index (Phi) is 3.63. The summed E-state index contributed by atoms with van der Waals surface area (Å²) in [5.74, 6) is 0.697. The van der Waals surface area contributed by atoms with Gasteiger partial charge in [-0.25, -0.2) is 4.98 Å². The van der Waals surface area contributed by atoms with Gasteiger partial charge in [0.1, 0.15) is 5.82 Å². The summed E-state index contributed by atoms with van der Waals surface area (Å²) in [5.41, 5.74) is 1.09. The molecule has 1 rings (SSSR count). The maximum Gasteiger partial charge on any atom is 0.228 e. The van der Waals surface area contributed by atoms with E-state index in [1.165, 1.54) is 0 Å². The van der Waals surface area contributed by atoms with E-state index in [-0.39, 0.29) is 11.8 Å². The van der Waals surface area contributed by atoms with Gasteiger partial charge in [-0.2, -0.15) is 0 Å². The molecule has 3 nitrogen and oxygen atoms in total. The Morgan fingerprint density at radius 3 is 2.79 bits per heavy atom. The Balaban J connectivity index is 2.60. The lowest BCUT2D eigenvalue weighted by molar-refractivity contribution is -0.119. The molecular formula is C11H16N2O. The number of aryl methyl sites for hydroxylation is 1. The molecule has 0 aliphatic heterocycles. The van der Waals surface area contributed by atoms with Gasteiger partial charge in [0.15, 0.2) is 0 Å². The highest BCUT2D eigenvalue weighted by molar-refractivity contribution is 5.91. The van der Waals surface area contributed by atoms with E-state index in [0.717, 1.165) is 12.0 Å². The number of aromatic nitrogens is 1. The molecule has 0 radical (unpaired) electrons. The van der Waals surface area contributed by atoms with Crippen LogP contribution in [0.5, 0.6) is 0 Å². The molecule has 0 spiro atoms. The van der Waals surface area contributed by atoms with Gasteiger partial charge in [0.05, 0.1) is 0 Å². The molecule has 1 heterocycles. The minimum Gasteiger partial charge on any atom is -0.310 e. The Bertz CT molecular complexity index is 306. The maximum absolute atomic E-state index is 11.5. The Hall–Kier alpha value is -1.38. The number of nitrogens with zero attached hydrogens (tertiary/aromatic N) is 1. The smallest absolute Gasteiger partial charge is 0.228 e. The van der Waals surface area contributed by atoms with Gasteiger partial charge in [-0.1, -0.05) is 19.9 Å². The molecule has 0 fully saturated rings. The van der Waals surface area contributed by atoms with E-state index < -0.39 is 0 Å². The predicted octanol–water partition coefficient (Wildman–Crippen LogP) is 2.37. The van der Waals surface area contributed by atoms with Crippen molar-refractivity contribution in [3.63, 3.8) is 0 Å². The summed E-state index contributed by atoms with van der Waals surface area (Å²) in [6.45, 7) is 5.86. The number of carbonyl (C=O) groups excluding carboxylic acids is 1. The first-order valence-electron chi connectivity index (χ1n) is 4.87. The molecule has 1 atom stereocenters. The number of carbonyl (C=O) groups is 1. The van der Waals surface area contributed by atoms with E-state index in [4.69, 9.17) is 0 Å². The zero-order chi connectivity index (χ0) is 10.6. The number of amides is 1. The van der Waals surface area contributed by atoms with Crippen molar-refractivity contribution < 1.29 is 4.79 Å². The number of nitrogens with one attached hydrogen (secondary N) is 1. The van der Waals surface area contributed by atoms with Crippen LogP contribution in [0.15, 0.2) is 18.3 Å². The molecule has 0 bridgehead atoms. The second-order valence-electron chi connectivity index (χ2n) is 3.52. The van der Waals surface area contributed by atoms with Crippen molar-refractivity contribution in [3.8, 4) is 0 Å². The predicted molar refractivity (Wildman–Crippen MR) is 57.1 cm³/mol.